The van der Waals surface area contributed by atoms with Crippen molar-refractivity contribution in [3.05, 3.63) is 80.5 Å². The van der Waals surface area contributed by atoms with E-state index in [0.29, 0.717) is 16.9 Å². The number of para-hydroxylation sites is 2. The fraction of sp³-hybridized carbons (Fsp3) is 0.217. The highest BCUT2D eigenvalue weighted by Gasteiger charge is 2.19. The molecule has 0 aliphatic rings. The van der Waals surface area contributed by atoms with Crippen LogP contribution in [0.5, 0.6) is 0 Å². The van der Waals surface area contributed by atoms with Crippen molar-refractivity contribution in [1.82, 2.24) is 24.1 Å². The van der Waals surface area contributed by atoms with E-state index in [1.807, 2.05) is 59.9 Å². The summed E-state index contributed by atoms with van der Waals surface area (Å²) in [6, 6.07) is 15.5. The lowest BCUT2D eigenvalue weighted by Gasteiger charge is -2.13. The molecule has 0 saturated heterocycles. The van der Waals surface area contributed by atoms with Gasteiger partial charge in [0.25, 0.3) is 5.56 Å². The number of aryl methyl sites for hydroxylation is 2. The van der Waals surface area contributed by atoms with Crippen LogP contribution in [0, 0.1) is 6.92 Å². The molecule has 0 bridgehead atoms. The van der Waals surface area contributed by atoms with Crippen molar-refractivity contribution >= 4 is 39.8 Å². The third-order valence-corrected chi connectivity index (χ3v) is 7.08. The lowest BCUT2D eigenvalue weighted by Crippen LogP contribution is -2.22. The molecule has 0 spiro atoms. The smallest absolute Gasteiger partial charge is 0.267 e. The number of aromatic nitrogens is 5. The van der Waals surface area contributed by atoms with E-state index in [4.69, 9.17) is 4.98 Å². The van der Waals surface area contributed by atoms with E-state index >= 15 is 0 Å². The van der Waals surface area contributed by atoms with E-state index in [0.717, 1.165) is 40.5 Å². The minimum absolute atomic E-state index is 0.0925. The number of nitrogens with zero attached hydrogens (tertiary/aromatic N) is 5. The molecule has 5 rings (SSSR count). The monoisotopic (exact) mass is 447 g/mol. The summed E-state index contributed by atoms with van der Waals surface area (Å²) in [6.45, 7) is 4.16. The molecule has 0 unspecified atom stereocenters. The molecule has 0 saturated carbocycles. The van der Waals surface area contributed by atoms with Gasteiger partial charge in [0.05, 0.1) is 27.3 Å². The third-order valence-electron chi connectivity index (χ3n) is 5.16. The lowest BCUT2D eigenvalue weighted by molar-refractivity contribution is 0.900. The van der Waals surface area contributed by atoms with Gasteiger partial charge in [0.2, 0.25) is 5.78 Å². The maximum absolute atomic E-state index is 13.4. The Labute approximate surface area is 187 Å². The predicted octanol–water partition coefficient (Wildman–Crippen LogP) is 5.04. The van der Waals surface area contributed by atoms with Gasteiger partial charge in [-0.05, 0) is 43.5 Å². The topological polar surface area (TPSA) is 65.1 Å². The molecule has 0 radical (unpaired) electrons. The van der Waals surface area contributed by atoms with Crippen molar-refractivity contribution in [2.45, 2.75) is 37.6 Å². The lowest BCUT2D eigenvalue weighted by atomic mass is 10.2. The Morgan fingerprint density at radius 1 is 1.06 bits per heavy atom. The van der Waals surface area contributed by atoms with E-state index in [-0.39, 0.29) is 5.56 Å². The number of hydrogen-bond acceptors (Lipinski definition) is 6. The summed E-state index contributed by atoms with van der Waals surface area (Å²) in [5.41, 5.74) is 3.59. The molecule has 0 aliphatic carbocycles. The molecule has 0 N–H and O–H groups in total. The number of rotatable bonds is 6. The van der Waals surface area contributed by atoms with E-state index in [2.05, 4.69) is 22.5 Å². The van der Waals surface area contributed by atoms with Gasteiger partial charge in [-0.3, -0.25) is 9.20 Å². The summed E-state index contributed by atoms with van der Waals surface area (Å²) in [4.78, 5) is 18.1. The van der Waals surface area contributed by atoms with E-state index in [1.54, 1.807) is 27.7 Å². The maximum atomic E-state index is 13.4. The number of thiazole rings is 1. The van der Waals surface area contributed by atoms with Crippen LogP contribution in [0.15, 0.2) is 63.9 Å². The average Bonchev–Trinajstić information content (AvgIpc) is 3.41. The summed E-state index contributed by atoms with van der Waals surface area (Å²) >= 11 is 3.30. The zero-order chi connectivity index (χ0) is 21.4. The quantitative estimate of drug-likeness (QED) is 0.341. The summed E-state index contributed by atoms with van der Waals surface area (Å²) in [7, 11) is 0. The van der Waals surface area contributed by atoms with Crippen molar-refractivity contribution in [3.8, 4) is 5.69 Å². The molecule has 0 atom stereocenters. The van der Waals surface area contributed by atoms with Gasteiger partial charge in [0.1, 0.15) is 0 Å². The van der Waals surface area contributed by atoms with Gasteiger partial charge >= 0.3 is 0 Å². The number of fused-ring (bicyclic) bond motifs is 3. The first kappa shape index (κ1) is 20.0. The second kappa shape index (κ2) is 8.28. The Balaban J connectivity index is 1.66. The second-order valence-corrected chi connectivity index (χ2v) is 9.22. The Morgan fingerprint density at radius 2 is 1.87 bits per heavy atom. The molecule has 5 aromatic rings. The summed E-state index contributed by atoms with van der Waals surface area (Å²) in [5, 5.41) is 13.6. The molecule has 8 heteroatoms. The highest BCUT2D eigenvalue weighted by Crippen LogP contribution is 2.27. The molecular weight excluding hydrogens is 426 g/mol. The third kappa shape index (κ3) is 3.55. The highest BCUT2D eigenvalue weighted by atomic mass is 32.2. The van der Waals surface area contributed by atoms with Gasteiger partial charge in [-0.2, -0.15) is 0 Å². The largest absolute Gasteiger partial charge is 0.268 e. The molecule has 31 heavy (non-hydrogen) atoms. The molecule has 156 valence electrons. The zero-order valence-corrected chi connectivity index (χ0v) is 18.9. The van der Waals surface area contributed by atoms with Crippen LogP contribution >= 0.6 is 23.1 Å². The van der Waals surface area contributed by atoms with Gasteiger partial charge in [0.15, 0.2) is 5.16 Å². The van der Waals surface area contributed by atoms with Gasteiger partial charge in [-0.15, -0.1) is 21.5 Å². The standard InChI is InChI=1S/C23H21N5OS2/c1-3-8-20-24-16(13-30-20)14-31-23-26-25-22-27(18-11-6-4-9-15(18)2)21(29)17-10-5-7-12-19(17)28(22)23/h4-7,9-13H,3,8,14H2,1-2H3. The normalized spacial score (nSPS) is 11.5. The SMILES string of the molecule is CCCc1nc(CSc2nnc3n(-c4ccccc4C)c(=O)c4ccccc4n23)cs1. The number of thioether (sulfide) groups is 1. The summed E-state index contributed by atoms with van der Waals surface area (Å²) < 4.78 is 3.64. The van der Waals surface area contributed by atoms with Crippen molar-refractivity contribution in [1.29, 1.82) is 0 Å². The first-order chi connectivity index (χ1) is 15.2. The van der Waals surface area contributed by atoms with Crippen molar-refractivity contribution in [3.63, 3.8) is 0 Å². The predicted molar refractivity (Wildman–Crippen MR) is 126 cm³/mol. The van der Waals surface area contributed by atoms with E-state index < -0.39 is 0 Å². The Kier molecular flexibility index (Phi) is 5.33. The first-order valence-corrected chi connectivity index (χ1v) is 12.0. The molecule has 3 aromatic heterocycles. The van der Waals surface area contributed by atoms with Crippen molar-refractivity contribution in [2.24, 2.45) is 0 Å². The Bertz CT molecular complexity index is 1450. The van der Waals surface area contributed by atoms with Crippen LogP contribution in [0.25, 0.3) is 22.4 Å². The van der Waals surface area contributed by atoms with Crippen molar-refractivity contribution < 1.29 is 0 Å². The fourth-order valence-corrected chi connectivity index (χ4v) is 5.52. The minimum atomic E-state index is -0.0925. The van der Waals surface area contributed by atoms with Crippen LogP contribution in [-0.4, -0.2) is 24.1 Å². The Hall–Kier alpha value is -2.97. The molecule has 3 heterocycles. The van der Waals surface area contributed by atoms with Crippen LogP contribution in [-0.2, 0) is 12.2 Å². The molecule has 0 fully saturated rings. The Morgan fingerprint density at radius 3 is 2.71 bits per heavy atom. The number of benzene rings is 2. The summed E-state index contributed by atoms with van der Waals surface area (Å²) in [5.74, 6) is 1.23. The van der Waals surface area contributed by atoms with E-state index in [9.17, 15) is 4.79 Å². The first-order valence-electron chi connectivity index (χ1n) is 10.2. The van der Waals surface area contributed by atoms with Crippen LogP contribution < -0.4 is 5.56 Å². The fourth-order valence-electron chi connectivity index (χ4n) is 3.69. The highest BCUT2D eigenvalue weighted by molar-refractivity contribution is 7.98. The van der Waals surface area contributed by atoms with Crippen LogP contribution in [0.4, 0.5) is 0 Å². The zero-order valence-electron chi connectivity index (χ0n) is 17.3. The van der Waals surface area contributed by atoms with Gasteiger partial charge in [-0.1, -0.05) is 49.0 Å². The molecule has 0 amide bonds. The maximum Gasteiger partial charge on any atom is 0.267 e. The molecular formula is C23H21N5OS2. The average molecular weight is 448 g/mol. The molecule has 2 aromatic carbocycles. The van der Waals surface area contributed by atoms with Crippen LogP contribution in [0.2, 0.25) is 0 Å². The van der Waals surface area contributed by atoms with Crippen molar-refractivity contribution in [2.75, 3.05) is 0 Å². The van der Waals surface area contributed by atoms with Crippen LogP contribution in [0.1, 0.15) is 29.6 Å². The van der Waals surface area contributed by atoms with Gasteiger partial charge < -0.3 is 0 Å². The minimum Gasteiger partial charge on any atom is -0.268 e. The van der Waals surface area contributed by atoms with Gasteiger partial charge in [0, 0.05) is 11.1 Å². The second-order valence-electron chi connectivity index (χ2n) is 7.33. The molecule has 0 aliphatic heterocycles. The van der Waals surface area contributed by atoms with Gasteiger partial charge in [-0.25, -0.2) is 9.55 Å². The van der Waals surface area contributed by atoms with E-state index in [1.165, 1.54) is 5.01 Å². The summed E-state index contributed by atoms with van der Waals surface area (Å²) in [6.07, 6.45) is 2.11. The van der Waals surface area contributed by atoms with Crippen LogP contribution in [0.3, 0.4) is 0 Å². The number of hydrogen-bond donors (Lipinski definition) is 0. The molecule has 6 nitrogen and oxygen atoms in total.